The van der Waals surface area contributed by atoms with Crippen molar-refractivity contribution in [3.8, 4) is 11.3 Å². The van der Waals surface area contributed by atoms with Gasteiger partial charge in [-0.25, -0.2) is 17.2 Å². The molecule has 0 saturated carbocycles. The van der Waals surface area contributed by atoms with Gasteiger partial charge in [0.1, 0.15) is 0 Å². The van der Waals surface area contributed by atoms with Crippen LogP contribution in [0.25, 0.3) is 22.2 Å². The van der Waals surface area contributed by atoms with Crippen LogP contribution in [0.1, 0.15) is 10.4 Å². The molecule has 0 bridgehead atoms. The average Bonchev–Trinajstić information content (AvgIpc) is 3.14. The van der Waals surface area contributed by atoms with Crippen molar-refractivity contribution in [2.45, 2.75) is 4.90 Å². The number of methoxy groups -OCH3 is 1. The number of hydrogen-bond acceptors (Lipinski definition) is 5. The molecule has 0 saturated heterocycles. The number of carbonyl (C=O) groups is 1. The van der Waals surface area contributed by atoms with Crippen molar-refractivity contribution in [2.75, 3.05) is 7.11 Å². The number of carbonyl (C=O) groups excluding carboxylic acids is 1. The average molecular weight is 392 g/mol. The molecule has 0 aliphatic heterocycles. The summed E-state index contributed by atoms with van der Waals surface area (Å²) in [7, 11) is -2.48. The fourth-order valence-electron chi connectivity index (χ4n) is 3.08. The van der Waals surface area contributed by atoms with Gasteiger partial charge in [-0.05, 0) is 30.3 Å². The molecule has 0 spiro atoms. The van der Waals surface area contributed by atoms with Crippen LogP contribution >= 0.6 is 0 Å². The van der Waals surface area contributed by atoms with E-state index < -0.39 is 16.0 Å². The Bertz CT molecular complexity index is 1280. The van der Waals surface area contributed by atoms with Crippen molar-refractivity contribution in [2.24, 2.45) is 0 Å². The summed E-state index contributed by atoms with van der Waals surface area (Å²) in [5.41, 5.74) is 1.98. The van der Waals surface area contributed by atoms with Gasteiger partial charge in [0.25, 0.3) is 10.0 Å². The SMILES string of the molecule is COC(=O)c1ccnc(-c2cn(S(=O)(=O)c3ccccc3)c3ccccc23)c1. The van der Waals surface area contributed by atoms with Gasteiger partial charge in [-0.3, -0.25) is 4.98 Å². The van der Waals surface area contributed by atoms with Gasteiger partial charge >= 0.3 is 5.97 Å². The van der Waals surface area contributed by atoms with Crippen molar-refractivity contribution in [3.05, 3.63) is 84.7 Å². The number of esters is 1. The maximum absolute atomic E-state index is 13.2. The molecule has 0 atom stereocenters. The Hall–Kier alpha value is -3.45. The van der Waals surface area contributed by atoms with Crippen LogP contribution in [0.5, 0.6) is 0 Å². The van der Waals surface area contributed by atoms with Crippen molar-refractivity contribution < 1.29 is 17.9 Å². The van der Waals surface area contributed by atoms with Crippen molar-refractivity contribution in [1.29, 1.82) is 0 Å². The second-order valence-corrected chi connectivity index (χ2v) is 7.91. The summed E-state index contributed by atoms with van der Waals surface area (Å²) in [6.07, 6.45) is 3.04. The highest BCUT2D eigenvalue weighted by Crippen LogP contribution is 2.32. The Morgan fingerprint density at radius 2 is 1.71 bits per heavy atom. The Labute approximate surface area is 162 Å². The molecule has 0 N–H and O–H groups in total. The number of para-hydroxylation sites is 1. The van der Waals surface area contributed by atoms with Gasteiger partial charge in [-0.15, -0.1) is 0 Å². The number of benzene rings is 2. The molecule has 0 amide bonds. The fraction of sp³-hybridized carbons (Fsp3) is 0.0476. The summed E-state index contributed by atoms with van der Waals surface area (Å²) in [6.45, 7) is 0. The largest absolute Gasteiger partial charge is 0.465 e. The third-order valence-electron chi connectivity index (χ3n) is 4.44. The second kappa shape index (κ2) is 6.94. The van der Waals surface area contributed by atoms with Gasteiger partial charge in [0.05, 0.1) is 28.8 Å². The third kappa shape index (κ3) is 2.95. The lowest BCUT2D eigenvalue weighted by molar-refractivity contribution is 0.0600. The van der Waals surface area contributed by atoms with E-state index in [1.165, 1.54) is 23.5 Å². The first-order chi connectivity index (χ1) is 13.5. The number of hydrogen-bond donors (Lipinski definition) is 0. The molecular weight excluding hydrogens is 376 g/mol. The molecule has 0 radical (unpaired) electrons. The predicted octanol–water partition coefficient (Wildman–Crippen LogP) is 3.73. The van der Waals surface area contributed by atoms with Gasteiger partial charge in [-0.1, -0.05) is 36.4 Å². The summed E-state index contributed by atoms with van der Waals surface area (Å²) in [5.74, 6) is -0.482. The van der Waals surface area contributed by atoms with Crippen LogP contribution in [-0.4, -0.2) is 30.5 Å². The van der Waals surface area contributed by atoms with Gasteiger partial charge < -0.3 is 4.74 Å². The van der Waals surface area contributed by atoms with Crippen LogP contribution in [0.4, 0.5) is 0 Å². The number of ether oxygens (including phenoxy) is 1. The first-order valence-corrected chi connectivity index (χ1v) is 9.92. The molecule has 0 unspecified atom stereocenters. The minimum absolute atomic E-state index is 0.193. The smallest absolute Gasteiger partial charge is 0.337 e. The Morgan fingerprint density at radius 3 is 2.46 bits per heavy atom. The molecule has 2 aromatic heterocycles. The highest BCUT2D eigenvalue weighted by Gasteiger charge is 2.22. The molecule has 140 valence electrons. The zero-order valence-corrected chi connectivity index (χ0v) is 15.8. The van der Waals surface area contributed by atoms with Crippen LogP contribution in [-0.2, 0) is 14.8 Å². The van der Waals surface area contributed by atoms with E-state index in [2.05, 4.69) is 4.98 Å². The number of aromatic nitrogens is 2. The van der Waals surface area contributed by atoms with Crippen LogP contribution in [0, 0.1) is 0 Å². The lowest BCUT2D eigenvalue weighted by Crippen LogP contribution is -2.11. The predicted molar refractivity (Wildman–Crippen MR) is 106 cm³/mol. The second-order valence-electron chi connectivity index (χ2n) is 6.10. The van der Waals surface area contributed by atoms with Crippen molar-refractivity contribution in [1.82, 2.24) is 8.96 Å². The quantitative estimate of drug-likeness (QED) is 0.495. The monoisotopic (exact) mass is 392 g/mol. The van der Waals surface area contributed by atoms with E-state index in [1.807, 2.05) is 12.1 Å². The first-order valence-electron chi connectivity index (χ1n) is 8.48. The molecule has 0 aliphatic carbocycles. The normalized spacial score (nSPS) is 11.5. The van der Waals surface area contributed by atoms with Crippen LogP contribution in [0.2, 0.25) is 0 Å². The molecule has 7 heteroatoms. The van der Waals surface area contributed by atoms with Gasteiger partial charge in [0, 0.05) is 23.3 Å². The maximum atomic E-state index is 13.2. The van der Waals surface area contributed by atoms with Gasteiger partial charge in [0.2, 0.25) is 0 Å². The maximum Gasteiger partial charge on any atom is 0.337 e. The lowest BCUT2D eigenvalue weighted by Gasteiger charge is -2.07. The van der Waals surface area contributed by atoms with E-state index in [0.29, 0.717) is 22.3 Å². The van der Waals surface area contributed by atoms with E-state index in [4.69, 9.17) is 4.74 Å². The number of fused-ring (bicyclic) bond motifs is 1. The van der Waals surface area contributed by atoms with E-state index in [0.717, 1.165) is 5.39 Å². The summed E-state index contributed by atoms with van der Waals surface area (Å²) in [5, 5.41) is 0.719. The zero-order chi connectivity index (χ0) is 19.7. The van der Waals surface area contributed by atoms with Crippen molar-refractivity contribution in [3.63, 3.8) is 0 Å². The Balaban J connectivity index is 1.95. The molecule has 0 fully saturated rings. The van der Waals surface area contributed by atoms with Crippen LogP contribution < -0.4 is 0 Å². The number of nitrogens with zero attached hydrogens (tertiary/aromatic N) is 2. The summed E-state index contributed by atoms with van der Waals surface area (Å²) in [6, 6.07) is 18.6. The fourth-order valence-corrected chi connectivity index (χ4v) is 4.47. The molecule has 4 rings (SSSR count). The highest BCUT2D eigenvalue weighted by molar-refractivity contribution is 7.90. The third-order valence-corrected chi connectivity index (χ3v) is 6.12. The van der Waals surface area contributed by atoms with E-state index in [9.17, 15) is 13.2 Å². The zero-order valence-electron chi connectivity index (χ0n) is 14.9. The number of rotatable bonds is 4. The Kier molecular flexibility index (Phi) is 4.44. The molecule has 2 aromatic carbocycles. The van der Waals surface area contributed by atoms with Crippen molar-refractivity contribution >= 4 is 26.9 Å². The summed E-state index contributed by atoms with van der Waals surface area (Å²) < 4.78 is 32.4. The van der Waals surface area contributed by atoms with Crippen LogP contribution in [0.3, 0.4) is 0 Å². The van der Waals surface area contributed by atoms with Gasteiger partial charge in [0.15, 0.2) is 0 Å². The van der Waals surface area contributed by atoms with E-state index in [-0.39, 0.29) is 4.90 Å². The van der Waals surface area contributed by atoms with Crippen LogP contribution in [0.15, 0.2) is 84.0 Å². The molecule has 0 aliphatic rings. The topological polar surface area (TPSA) is 78.3 Å². The molecule has 4 aromatic rings. The minimum atomic E-state index is -3.79. The van der Waals surface area contributed by atoms with Gasteiger partial charge in [-0.2, -0.15) is 0 Å². The first kappa shape index (κ1) is 17.9. The summed E-state index contributed by atoms with van der Waals surface area (Å²) in [4.78, 5) is 16.4. The lowest BCUT2D eigenvalue weighted by atomic mass is 10.1. The standard InChI is InChI=1S/C21H16N2O4S/c1-27-21(24)15-11-12-22-19(13-15)18-14-23(20-10-6-5-9-17(18)20)28(25,26)16-7-3-2-4-8-16/h2-14H,1H3. The highest BCUT2D eigenvalue weighted by atomic mass is 32.2. The van der Waals surface area contributed by atoms with E-state index in [1.54, 1.807) is 54.6 Å². The number of pyridine rings is 1. The Morgan fingerprint density at radius 1 is 1.00 bits per heavy atom. The molecular formula is C21H16N2O4S. The summed E-state index contributed by atoms with van der Waals surface area (Å²) >= 11 is 0. The molecule has 2 heterocycles. The molecule has 28 heavy (non-hydrogen) atoms. The molecule has 6 nitrogen and oxygen atoms in total. The van der Waals surface area contributed by atoms with E-state index >= 15 is 0 Å². The minimum Gasteiger partial charge on any atom is -0.465 e.